The second-order valence-electron chi connectivity index (χ2n) is 6.35. The van der Waals surface area contributed by atoms with Gasteiger partial charge in [-0.25, -0.2) is 9.18 Å². The van der Waals surface area contributed by atoms with Crippen LogP contribution in [0.25, 0.3) is 0 Å². The van der Waals surface area contributed by atoms with E-state index in [1.807, 2.05) is 0 Å². The van der Waals surface area contributed by atoms with Crippen molar-refractivity contribution >= 4 is 23.3 Å². The van der Waals surface area contributed by atoms with E-state index in [4.69, 9.17) is 0 Å². The SMILES string of the molecule is C[C@@H](NC(=O)N1CCN(c2ccc(F)cc2)CC1)C(=O)Nc1cccnc1. The average molecular weight is 371 g/mol. The number of hydrogen-bond acceptors (Lipinski definition) is 4. The summed E-state index contributed by atoms with van der Waals surface area (Å²) in [5.74, 6) is -0.573. The highest BCUT2D eigenvalue weighted by Gasteiger charge is 2.24. The average Bonchev–Trinajstić information content (AvgIpc) is 2.69. The Labute approximate surface area is 157 Å². The molecule has 3 rings (SSSR count). The topological polar surface area (TPSA) is 77.6 Å². The van der Waals surface area contributed by atoms with Crippen LogP contribution in [-0.2, 0) is 4.79 Å². The zero-order chi connectivity index (χ0) is 19.2. The van der Waals surface area contributed by atoms with Crippen molar-refractivity contribution in [3.05, 3.63) is 54.6 Å². The van der Waals surface area contributed by atoms with E-state index in [9.17, 15) is 14.0 Å². The maximum absolute atomic E-state index is 13.0. The zero-order valence-corrected chi connectivity index (χ0v) is 15.1. The predicted octanol–water partition coefficient (Wildman–Crippen LogP) is 2.08. The van der Waals surface area contributed by atoms with Crippen molar-refractivity contribution in [3.63, 3.8) is 0 Å². The fourth-order valence-corrected chi connectivity index (χ4v) is 2.85. The fourth-order valence-electron chi connectivity index (χ4n) is 2.85. The lowest BCUT2D eigenvalue weighted by atomic mass is 10.2. The summed E-state index contributed by atoms with van der Waals surface area (Å²) in [6, 6.07) is 8.82. The summed E-state index contributed by atoms with van der Waals surface area (Å²) in [5, 5.41) is 5.43. The third-order valence-corrected chi connectivity index (χ3v) is 4.42. The first-order valence-electron chi connectivity index (χ1n) is 8.80. The molecule has 1 atom stereocenters. The van der Waals surface area contributed by atoms with Gasteiger partial charge in [-0.1, -0.05) is 0 Å². The molecule has 0 aliphatic carbocycles. The lowest BCUT2D eigenvalue weighted by Crippen LogP contribution is -2.54. The van der Waals surface area contributed by atoms with Gasteiger partial charge in [-0.3, -0.25) is 9.78 Å². The smallest absolute Gasteiger partial charge is 0.318 e. The largest absolute Gasteiger partial charge is 0.368 e. The summed E-state index contributed by atoms with van der Waals surface area (Å²) in [6.45, 7) is 3.99. The number of urea groups is 1. The molecule has 0 radical (unpaired) electrons. The Hall–Kier alpha value is -3.16. The van der Waals surface area contributed by atoms with E-state index in [1.54, 1.807) is 48.5 Å². The molecule has 0 spiro atoms. The summed E-state index contributed by atoms with van der Waals surface area (Å²) in [7, 11) is 0. The van der Waals surface area contributed by atoms with Crippen LogP contribution in [0.3, 0.4) is 0 Å². The molecule has 2 heterocycles. The molecule has 142 valence electrons. The van der Waals surface area contributed by atoms with Gasteiger partial charge >= 0.3 is 6.03 Å². The van der Waals surface area contributed by atoms with Crippen LogP contribution in [0.4, 0.5) is 20.6 Å². The molecular weight excluding hydrogens is 349 g/mol. The molecule has 0 unspecified atom stereocenters. The van der Waals surface area contributed by atoms with E-state index < -0.39 is 6.04 Å². The van der Waals surface area contributed by atoms with Crippen LogP contribution in [-0.4, -0.2) is 54.0 Å². The normalized spacial score (nSPS) is 15.2. The van der Waals surface area contributed by atoms with Crippen molar-refractivity contribution in [2.24, 2.45) is 0 Å². The number of piperazine rings is 1. The molecule has 1 aromatic carbocycles. The van der Waals surface area contributed by atoms with Crippen molar-refractivity contribution in [1.82, 2.24) is 15.2 Å². The van der Waals surface area contributed by atoms with Crippen LogP contribution >= 0.6 is 0 Å². The number of nitrogens with one attached hydrogen (secondary N) is 2. The van der Waals surface area contributed by atoms with Gasteiger partial charge in [0.2, 0.25) is 5.91 Å². The maximum Gasteiger partial charge on any atom is 0.318 e. The highest BCUT2D eigenvalue weighted by atomic mass is 19.1. The lowest BCUT2D eigenvalue weighted by molar-refractivity contribution is -0.117. The van der Waals surface area contributed by atoms with E-state index in [0.29, 0.717) is 31.9 Å². The van der Waals surface area contributed by atoms with Gasteiger partial charge in [0.05, 0.1) is 11.9 Å². The number of pyridine rings is 1. The molecule has 1 aromatic heterocycles. The number of anilines is 2. The second kappa shape index (κ2) is 8.48. The number of amides is 3. The number of aromatic nitrogens is 1. The third-order valence-electron chi connectivity index (χ3n) is 4.42. The Bertz CT molecular complexity index is 776. The van der Waals surface area contributed by atoms with Crippen molar-refractivity contribution < 1.29 is 14.0 Å². The minimum atomic E-state index is -0.673. The van der Waals surface area contributed by atoms with Gasteiger partial charge in [-0.15, -0.1) is 0 Å². The maximum atomic E-state index is 13.0. The number of hydrogen-bond donors (Lipinski definition) is 2. The molecule has 2 N–H and O–H groups in total. The standard InChI is InChI=1S/C19H22FN5O2/c1-14(18(26)23-16-3-2-8-21-13-16)22-19(27)25-11-9-24(10-12-25)17-6-4-15(20)5-7-17/h2-8,13-14H,9-12H2,1H3,(H,22,27)(H,23,26)/t14-/m1/s1. The fraction of sp³-hybridized carbons (Fsp3) is 0.316. The van der Waals surface area contributed by atoms with Gasteiger partial charge in [0.25, 0.3) is 0 Å². The molecule has 1 saturated heterocycles. The Morgan fingerprint density at radius 2 is 1.81 bits per heavy atom. The first-order valence-corrected chi connectivity index (χ1v) is 8.80. The van der Waals surface area contributed by atoms with Crippen molar-refractivity contribution in [2.45, 2.75) is 13.0 Å². The molecule has 0 saturated carbocycles. The summed E-state index contributed by atoms with van der Waals surface area (Å²) < 4.78 is 13.0. The molecule has 0 bridgehead atoms. The van der Waals surface area contributed by atoms with Gasteiger partial charge in [0.1, 0.15) is 11.9 Å². The van der Waals surface area contributed by atoms with Gasteiger partial charge in [0.15, 0.2) is 0 Å². The molecule has 2 aromatic rings. The van der Waals surface area contributed by atoms with E-state index >= 15 is 0 Å². The summed E-state index contributed by atoms with van der Waals surface area (Å²) in [5.41, 5.74) is 1.51. The van der Waals surface area contributed by atoms with Crippen LogP contribution in [0.15, 0.2) is 48.8 Å². The zero-order valence-electron chi connectivity index (χ0n) is 15.1. The van der Waals surface area contributed by atoms with Crippen LogP contribution in [0.5, 0.6) is 0 Å². The minimum absolute atomic E-state index is 0.268. The van der Waals surface area contributed by atoms with Crippen molar-refractivity contribution in [3.8, 4) is 0 Å². The quantitative estimate of drug-likeness (QED) is 0.863. The molecule has 1 aliphatic rings. The molecule has 3 amide bonds. The highest BCUT2D eigenvalue weighted by molar-refractivity contribution is 5.96. The van der Waals surface area contributed by atoms with Gasteiger partial charge in [-0.2, -0.15) is 0 Å². The second-order valence-corrected chi connectivity index (χ2v) is 6.35. The van der Waals surface area contributed by atoms with Crippen LogP contribution in [0.1, 0.15) is 6.92 Å². The summed E-state index contributed by atoms with van der Waals surface area (Å²) in [6.07, 6.45) is 3.16. The highest BCUT2D eigenvalue weighted by Crippen LogP contribution is 2.17. The van der Waals surface area contributed by atoms with Crippen LogP contribution < -0.4 is 15.5 Å². The molecule has 7 nitrogen and oxygen atoms in total. The van der Waals surface area contributed by atoms with E-state index in [-0.39, 0.29) is 17.8 Å². The van der Waals surface area contributed by atoms with Crippen molar-refractivity contribution in [2.75, 3.05) is 36.4 Å². The molecule has 8 heteroatoms. The van der Waals surface area contributed by atoms with E-state index in [0.717, 1.165) is 5.69 Å². The predicted molar refractivity (Wildman–Crippen MR) is 101 cm³/mol. The lowest BCUT2D eigenvalue weighted by Gasteiger charge is -2.36. The summed E-state index contributed by atoms with van der Waals surface area (Å²) in [4.78, 5) is 32.3. The third kappa shape index (κ3) is 4.93. The number of carbonyl (C=O) groups is 2. The van der Waals surface area contributed by atoms with Gasteiger partial charge in [-0.05, 0) is 43.3 Å². The Balaban J connectivity index is 1.47. The van der Waals surface area contributed by atoms with E-state index in [2.05, 4.69) is 20.5 Å². The molecule has 1 aliphatic heterocycles. The Morgan fingerprint density at radius 3 is 2.44 bits per heavy atom. The number of benzene rings is 1. The van der Waals surface area contributed by atoms with Crippen LogP contribution in [0, 0.1) is 5.82 Å². The number of rotatable bonds is 4. The van der Waals surface area contributed by atoms with Crippen LogP contribution in [0.2, 0.25) is 0 Å². The first-order chi connectivity index (χ1) is 13.0. The molecular formula is C19H22FN5O2. The van der Waals surface area contributed by atoms with E-state index in [1.165, 1.54) is 12.1 Å². The molecule has 1 fully saturated rings. The number of nitrogens with zero attached hydrogens (tertiary/aromatic N) is 3. The first kappa shape index (κ1) is 18.6. The minimum Gasteiger partial charge on any atom is -0.368 e. The Morgan fingerprint density at radius 1 is 1.11 bits per heavy atom. The van der Waals surface area contributed by atoms with Gasteiger partial charge in [0, 0.05) is 38.1 Å². The van der Waals surface area contributed by atoms with Crippen molar-refractivity contribution in [1.29, 1.82) is 0 Å². The van der Waals surface area contributed by atoms with Gasteiger partial charge < -0.3 is 20.4 Å². The number of carbonyl (C=O) groups excluding carboxylic acids is 2. The monoisotopic (exact) mass is 371 g/mol. The molecule has 27 heavy (non-hydrogen) atoms. The summed E-state index contributed by atoms with van der Waals surface area (Å²) >= 11 is 0. The Kier molecular flexibility index (Phi) is 5.85. The number of halogens is 1.